The lowest BCUT2D eigenvalue weighted by Crippen LogP contribution is -2.24. The molecule has 4 aromatic heterocycles. The number of benzene rings is 1. The maximum absolute atomic E-state index is 13.5. The third-order valence-electron chi connectivity index (χ3n) is 7.36. The molecule has 1 amide bonds. The molecule has 2 aliphatic rings. The van der Waals surface area contributed by atoms with Crippen LogP contribution in [0.15, 0.2) is 59.8 Å². The molecule has 11 nitrogen and oxygen atoms in total. The number of aromatic amines is 1. The summed E-state index contributed by atoms with van der Waals surface area (Å²) in [6, 6.07) is 12.3. The quantitative estimate of drug-likeness (QED) is 0.333. The van der Waals surface area contributed by atoms with Crippen molar-refractivity contribution in [2.45, 2.75) is 31.7 Å². The average molecular weight is 574 g/mol. The number of aromatic nitrogens is 8. The lowest BCUT2D eigenvalue weighted by Gasteiger charge is -2.15. The third-order valence-corrected chi connectivity index (χ3v) is 7.87. The topological polar surface area (TPSA) is 127 Å². The van der Waals surface area contributed by atoms with E-state index in [1.807, 2.05) is 18.2 Å². The van der Waals surface area contributed by atoms with Crippen molar-refractivity contribution in [3.8, 4) is 28.1 Å². The first-order chi connectivity index (χ1) is 19.5. The van der Waals surface area contributed by atoms with Crippen LogP contribution in [0.3, 0.4) is 0 Å². The first kappa shape index (κ1) is 24.7. The van der Waals surface area contributed by atoms with E-state index < -0.39 is 0 Å². The molecule has 1 fully saturated rings. The van der Waals surface area contributed by atoms with Crippen LogP contribution in [-0.2, 0) is 11.2 Å². The number of carbonyl (C=O) groups is 1. The molecule has 0 radical (unpaired) electrons. The van der Waals surface area contributed by atoms with Crippen molar-refractivity contribution >= 4 is 34.9 Å². The van der Waals surface area contributed by atoms with Crippen molar-refractivity contribution in [1.82, 2.24) is 39.7 Å². The van der Waals surface area contributed by atoms with E-state index in [-0.39, 0.29) is 17.5 Å². The van der Waals surface area contributed by atoms with Crippen molar-refractivity contribution in [3.05, 3.63) is 87.0 Å². The largest absolute Gasteiger partial charge is 0.331 e. The number of pyridine rings is 2. The number of anilines is 1. The fourth-order valence-electron chi connectivity index (χ4n) is 5.51. The second-order valence-electron chi connectivity index (χ2n) is 9.75. The zero-order valence-electron chi connectivity index (χ0n) is 21.0. The predicted molar refractivity (Wildman–Crippen MR) is 149 cm³/mol. The summed E-state index contributed by atoms with van der Waals surface area (Å²) < 4.78 is 3.29. The maximum Gasteiger partial charge on any atom is 0.252 e. The van der Waals surface area contributed by atoms with Gasteiger partial charge in [-0.1, -0.05) is 23.2 Å². The van der Waals surface area contributed by atoms with Gasteiger partial charge in [-0.2, -0.15) is 4.68 Å². The van der Waals surface area contributed by atoms with Crippen LogP contribution in [-0.4, -0.2) is 52.2 Å². The Morgan fingerprint density at radius 1 is 1.00 bits per heavy atom. The zero-order chi connectivity index (χ0) is 27.4. The molecule has 0 saturated carbocycles. The summed E-state index contributed by atoms with van der Waals surface area (Å²) in [5.74, 6) is 1.30. The normalized spacial score (nSPS) is 16.6. The number of tetrazole rings is 1. The number of nitrogens with zero attached hydrogens (tertiary/aromatic N) is 8. The van der Waals surface area contributed by atoms with E-state index in [0.29, 0.717) is 59.0 Å². The van der Waals surface area contributed by atoms with Gasteiger partial charge in [-0.05, 0) is 71.7 Å². The monoisotopic (exact) mass is 573 g/mol. The van der Waals surface area contributed by atoms with Crippen molar-refractivity contribution < 1.29 is 4.79 Å². The Morgan fingerprint density at radius 2 is 1.90 bits per heavy atom. The van der Waals surface area contributed by atoms with E-state index in [4.69, 9.17) is 28.2 Å². The molecule has 1 atom stereocenters. The number of hydrogen-bond acceptors (Lipinski definition) is 7. The number of halogens is 2. The number of nitrogens with one attached hydrogen (secondary N) is 1. The first-order valence-corrected chi connectivity index (χ1v) is 13.5. The van der Waals surface area contributed by atoms with Gasteiger partial charge in [0, 0.05) is 47.1 Å². The molecule has 6 heterocycles. The summed E-state index contributed by atoms with van der Waals surface area (Å²) in [6.07, 6.45) is 5.91. The van der Waals surface area contributed by atoms with Gasteiger partial charge in [0.05, 0.1) is 11.7 Å². The van der Waals surface area contributed by atoms with E-state index in [9.17, 15) is 9.59 Å². The zero-order valence-corrected chi connectivity index (χ0v) is 22.5. The fraction of sp³-hybridized carbons (Fsp3) is 0.222. The molecule has 0 bridgehead atoms. The van der Waals surface area contributed by atoms with Crippen molar-refractivity contribution in [2.75, 3.05) is 11.4 Å². The summed E-state index contributed by atoms with van der Waals surface area (Å²) >= 11 is 12.9. The average Bonchev–Trinajstić information content (AvgIpc) is 3.76. The van der Waals surface area contributed by atoms with Crippen molar-refractivity contribution in [3.63, 3.8) is 0 Å². The van der Waals surface area contributed by atoms with Gasteiger partial charge in [0.15, 0.2) is 0 Å². The highest BCUT2D eigenvalue weighted by molar-refractivity contribution is 6.32. The SMILES string of the molecule is O=C1CCCN1c1ccc(-c2nc([C@@H]3CCc4cc(-c5cc(Cl)ccc5-n5cnnn5)cc(=O)n43)[nH]c2Cl)cn1. The third kappa shape index (κ3) is 4.18. The highest BCUT2D eigenvalue weighted by Crippen LogP contribution is 2.36. The molecule has 1 N–H and O–H groups in total. The van der Waals surface area contributed by atoms with E-state index in [1.54, 1.807) is 39.9 Å². The second-order valence-corrected chi connectivity index (χ2v) is 10.6. The summed E-state index contributed by atoms with van der Waals surface area (Å²) in [4.78, 5) is 39.6. The van der Waals surface area contributed by atoms with Crippen LogP contribution in [0.25, 0.3) is 28.1 Å². The van der Waals surface area contributed by atoms with Gasteiger partial charge in [0.1, 0.15) is 28.8 Å². The fourth-order valence-corrected chi connectivity index (χ4v) is 5.93. The number of imidazole rings is 1. The van der Waals surface area contributed by atoms with Gasteiger partial charge in [0.25, 0.3) is 5.56 Å². The summed E-state index contributed by atoms with van der Waals surface area (Å²) in [5, 5.41) is 12.3. The highest BCUT2D eigenvalue weighted by Gasteiger charge is 2.29. The van der Waals surface area contributed by atoms with E-state index >= 15 is 0 Å². The number of rotatable bonds is 5. The van der Waals surface area contributed by atoms with Crippen LogP contribution in [0.4, 0.5) is 5.82 Å². The summed E-state index contributed by atoms with van der Waals surface area (Å²) in [5.41, 5.74) is 4.18. The van der Waals surface area contributed by atoms with Crippen LogP contribution in [0.2, 0.25) is 10.2 Å². The molecule has 40 heavy (non-hydrogen) atoms. The molecule has 0 aliphatic carbocycles. The molecule has 200 valence electrons. The molecule has 2 aliphatic heterocycles. The van der Waals surface area contributed by atoms with Crippen LogP contribution in [0.1, 0.15) is 36.8 Å². The Balaban J connectivity index is 1.21. The van der Waals surface area contributed by atoms with Gasteiger partial charge >= 0.3 is 0 Å². The van der Waals surface area contributed by atoms with Crippen LogP contribution < -0.4 is 10.5 Å². The Labute approximate surface area is 237 Å². The standard InChI is InChI=1S/C27H21Cl2N9O2/c28-17-4-6-20(37-14-31-34-35-37)19(12-17)16-10-18-5-7-21(38(18)24(40)11-16)27-32-25(26(29)33-27)15-3-8-22(30-13-15)36-9-1-2-23(36)39/h3-4,6,8,10-14,21H,1-2,5,7,9H2,(H,32,33)/t21-/m0/s1. The highest BCUT2D eigenvalue weighted by atomic mass is 35.5. The Hall–Kier alpha value is -4.35. The minimum absolute atomic E-state index is 0.0795. The van der Waals surface area contributed by atoms with Crippen molar-refractivity contribution in [1.29, 1.82) is 0 Å². The Morgan fingerprint density at radius 3 is 2.65 bits per heavy atom. The van der Waals surface area contributed by atoms with E-state index in [1.165, 1.54) is 11.0 Å². The van der Waals surface area contributed by atoms with Crippen molar-refractivity contribution in [2.24, 2.45) is 0 Å². The number of carbonyl (C=O) groups excluding carboxylic acids is 1. The summed E-state index contributed by atoms with van der Waals surface area (Å²) in [7, 11) is 0. The van der Waals surface area contributed by atoms with Gasteiger partial charge in [-0.3, -0.25) is 14.5 Å². The lowest BCUT2D eigenvalue weighted by molar-refractivity contribution is -0.117. The smallest absolute Gasteiger partial charge is 0.252 e. The molecule has 7 rings (SSSR count). The molecule has 1 saturated heterocycles. The van der Waals surface area contributed by atoms with E-state index in [2.05, 4.69) is 25.5 Å². The lowest BCUT2D eigenvalue weighted by atomic mass is 10.0. The Kier molecular flexibility index (Phi) is 5.97. The number of amides is 1. The molecule has 1 aromatic carbocycles. The van der Waals surface area contributed by atoms with Crippen LogP contribution in [0, 0.1) is 0 Å². The minimum Gasteiger partial charge on any atom is -0.331 e. The summed E-state index contributed by atoms with van der Waals surface area (Å²) in [6.45, 7) is 0.673. The molecular weight excluding hydrogens is 553 g/mol. The number of hydrogen-bond donors (Lipinski definition) is 1. The number of fused-ring (bicyclic) bond motifs is 1. The number of aryl methyl sites for hydroxylation is 1. The van der Waals surface area contributed by atoms with Gasteiger partial charge in [0.2, 0.25) is 5.91 Å². The first-order valence-electron chi connectivity index (χ1n) is 12.8. The van der Waals surface area contributed by atoms with Gasteiger partial charge in [-0.25, -0.2) is 9.97 Å². The van der Waals surface area contributed by atoms with E-state index in [0.717, 1.165) is 28.8 Å². The molecule has 0 unspecified atom stereocenters. The Bertz CT molecular complexity index is 1810. The minimum atomic E-state index is -0.296. The number of H-pyrrole nitrogens is 1. The predicted octanol–water partition coefficient (Wildman–Crippen LogP) is 4.25. The van der Waals surface area contributed by atoms with Crippen LogP contribution >= 0.6 is 23.2 Å². The second kappa shape index (κ2) is 9.68. The van der Waals surface area contributed by atoms with Gasteiger partial charge in [-0.15, -0.1) is 5.10 Å². The maximum atomic E-state index is 13.5. The molecule has 13 heteroatoms. The van der Waals surface area contributed by atoms with Crippen LogP contribution in [0.5, 0.6) is 0 Å². The molecule has 5 aromatic rings. The van der Waals surface area contributed by atoms with Gasteiger partial charge < -0.3 is 9.55 Å². The molecular formula is C27H21Cl2N9O2. The molecule has 0 spiro atoms.